The molecule has 3 nitrogen and oxygen atoms in total. The number of benzene rings is 5. The lowest BCUT2D eigenvalue weighted by Gasteiger charge is -2.36. The summed E-state index contributed by atoms with van der Waals surface area (Å²) in [5.41, 5.74) is 9.87. The van der Waals surface area contributed by atoms with Crippen molar-refractivity contribution in [2.24, 2.45) is 0 Å². The summed E-state index contributed by atoms with van der Waals surface area (Å²) in [4.78, 5) is 4.94. The Kier molecular flexibility index (Phi) is 4.29. The highest BCUT2D eigenvalue weighted by Gasteiger charge is 2.48. The standard InChI is InChI=1S/C34H22BN3S/c1-2-9-25(10-3-1)37-31-12-5-6-13-32(31)38-30-18-16-23(22-28(30)29-14-8-20-36(29)35(37)38)24-17-19-34-27(21-24)26-11-4-7-15-33(26)39-34/h1-22H. The number of thiophene rings is 1. The van der Waals surface area contributed by atoms with Crippen LogP contribution in [0.25, 0.3) is 42.6 Å². The smallest absolute Gasteiger partial charge is 0.351 e. The van der Waals surface area contributed by atoms with Crippen molar-refractivity contribution in [3.05, 3.63) is 134 Å². The molecule has 182 valence electrons. The third-order valence-corrected chi connectivity index (χ3v) is 9.32. The fourth-order valence-corrected chi connectivity index (χ4v) is 7.55. The first-order valence-electron chi connectivity index (χ1n) is 13.3. The van der Waals surface area contributed by atoms with Gasteiger partial charge in [0.1, 0.15) is 0 Å². The van der Waals surface area contributed by atoms with Crippen molar-refractivity contribution in [3.8, 4) is 22.4 Å². The van der Waals surface area contributed by atoms with Gasteiger partial charge in [-0.2, -0.15) is 0 Å². The van der Waals surface area contributed by atoms with Gasteiger partial charge in [-0.05, 0) is 84.1 Å². The van der Waals surface area contributed by atoms with Crippen LogP contribution in [0, 0.1) is 0 Å². The summed E-state index contributed by atoms with van der Waals surface area (Å²) in [7, 11) is 0.00155. The number of hydrogen-bond donors (Lipinski definition) is 0. The zero-order valence-electron chi connectivity index (χ0n) is 21.0. The van der Waals surface area contributed by atoms with E-state index >= 15 is 0 Å². The quantitative estimate of drug-likeness (QED) is 0.213. The fourth-order valence-electron chi connectivity index (χ4n) is 6.46. The average Bonchev–Trinajstić information content (AvgIpc) is 3.71. The fraction of sp³-hybridized carbons (Fsp3) is 0. The summed E-state index contributed by atoms with van der Waals surface area (Å²) < 4.78 is 5.09. The molecule has 0 fully saturated rings. The van der Waals surface area contributed by atoms with Crippen LogP contribution < -0.4 is 9.62 Å². The van der Waals surface area contributed by atoms with Crippen molar-refractivity contribution < 1.29 is 0 Å². The molecule has 0 saturated carbocycles. The van der Waals surface area contributed by atoms with E-state index in [0.29, 0.717) is 0 Å². The van der Waals surface area contributed by atoms with Crippen molar-refractivity contribution in [2.45, 2.75) is 0 Å². The Morgan fingerprint density at radius 3 is 2.13 bits per heavy atom. The number of rotatable bonds is 2. The molecule has 4 heterocycles. The summed E-state index contributed by atoms with van der Waals surface area (Å²) in [5, 5.41) is 2.67. The van der Waals surface area contributed by atoms with Gasteiger partial charge >= 0.3 is 7.12 Å². The first kappa shape index (κ1) is 21.2. The minimum atomic E-state index is 0.00155. The van der Waals surface area contributed by atoms with Gasteiger partial charge in [0.25, 0.3) is 0 Å². The predicted octanol–water partition coefficient (Wildman–Crippen LogP) is 9.33. The Hall–Kier alpha value is -4.74. The van der Waals surface area contributed by atoms with Crippen LogP contribution in [0.3, 0.4) is 0 Å². The van der Waals surface area contributed by atoms with Crippen LogP contribution in [0.4, 0.5) is 22.7 Å². The SMILES string of the molecule is c1ccc(N2B3N(c4ccc(-c5ccc6sc7ccccc7c6c5)cc4-c4cccn43)c3ccccc32)cc1. The maximum Gasteiger partial charge on any atom is 0.518 e. The Balaban J connectivity index is 1.24. The van der Waals surface area contributed by atoms with Crippen LogP contribution in [-0.2, 0) is 0 Å². The maximum atomic E-state index is 2.49. The molecule has 5 heteroatoms. The summed E-state index contributed by atoms with van der Waals surface area (Å²) in [6, 6.07) is 46.5. The summed E-state index contributed by atoms with van der Waals surface area (Å²) in [5.74, 6) is 0. The largest absolute Gasteiger partial charge is 0.518 e. The Morgan fingerprint density at radius 1 is 0.513 bits per heavy atom. The highest BCUT2D eigenvalue weighted by molar-refractivity contribution is 7.25. The molecule has 0 unspecified atom stereocenters. The molecule has 0 spiro atoms. The van der Waals surface area contributed by atoms with Gasteiger partial charge in [0, 0.05) is 42.8 Å². The third kappa shape index (κ3) is 2.93. The van der Waals surface area contributed by atoms with Crippen LogP contribution >= 0.6 is 11.3 Å². The van der Waals surface area contributed by atoms with E-state index in [-0.39, 0.29) is 7.12 Å². The number of anilines is 4. The van der Waals surface area contributed by atoms with Crippen molar-refractivity contribution in [3.63, 3.8) is 0 Å². The van der Waals surface area contributed by atoms with E-state index in [1.165, 1.54) is 65.3 Å². The van der Waals surface area contributed by atoms with Gasteiger partial charge < -0.3 is 14.1 Å². The highest BCUT2D eigenvalue weighted by atomic mass is 32.1. The lowest BCUT2D eigenvalue weighted by Crippen LogP contribution is -2.51. The normalized spacial score (nSPS) is 13.5. The van der Waals surface area contributed by atoms with Gasteiger partial charge in [0.15, 0.2) is 0 Å². The molecule has 0 amide bonds. The van der Waals surface area contributed by atoms with Crippen LogP contribution in [0.1, 0.15) is 0 Å². The minimum absolute atomic E-state index is 0.00155. The van der Waals surface area contributed by atoms with E-state index in [1.54, 1.807) is 0 Å². The van der Waals surface area contributed by atoms with Crippen LogP contribution in [0.15, 0.2) is 134 Å². The number of aromatic nitrogens is 1. The second-order valence-electron chi connectivity index (χ2n) is 10.3. The molecule has 0 N–H and O–H groups in total. The third-order valence-electron chi connectivity index (χ3n) is 8.17. The number of para-hydroxylation sites is 3. The van der Waals surface area contributed by atoms with E-state index in [4.69, 9.17) is 0 Å². The summed E-state index contributed by atoms with van der Waals surface area (Å²) in [6.45, 7) is 0. The number of fused-ring (bicyclic) bond motifs is 11. The lowest BCUT2D eigenvalue weighted by atomic mass is 9.81. The first-order valence-corrected chi connectivity index (χ1v) is 14.1. The van der Waals surface area contributed by atoms with Crippen molar-refractivity contribution >= 4 is 61.4 Å². The van der Waals surface area contributed by atoms with Gasteiger partial charge in [-0.25, -0.2) is 0 Å². The molecule has 39 heavy (non-hydrogen) atoms. The van der Waals surface area contributed by atoms with Gasteiger partial charge in [-0.1, -0.05) is 60.7 Å². The monoisotopic (exact) mass is 515 g/mol. The molecule has 9 rings (SSSR count). The Morgan fingerprint density at radius 2 is 1.23 bits per heavy atom. The van der Waals surface area contributed by atoms with Crippen LogP contribution in [0.5, 0.6) is 0 Å². The zero-order valence-corrected chi connectivity index (χ0v) is 21.8. The molecule has 0 radical (unpaired) electrons. The minimum Gasteiger partial charge on any atom is -0.351 e. The van der Waals surface area contributed by atoms with Gasteiger partial charge in [-0.3, -0.25) is 0 Å². The molecule has 2 aromatic heterocycles. The Labute approximate surface area is 230 Å². The zero-order chi connectivity index (χ0) is 25.5. The lowest BCUT2D eigenvalue weighted by molar-refractivity contribution is 1.12. The molecule has 7 aromatic rings. The van der Waals surface area contributed by atoms with Crippen molar-refractivity contribution in [1.29, 1.82) is 0 Å². The topological polar surface area (TPSA) is 11.4 Å². The molecule has 2 aliphatic heterocycles. The molecule has 5 aromatic carbocycles. The van der Waals surface area contributed by atoms with Gasteiger partial charge in [0.2, 0.25) is 0 Å². The van der Waals surface area contributed by atoms with Crippen LogP contribution in [0.2, 0.25) is 0 Å². The molecule has 0 atom stereocenters. The van der Waals surface area contributed by atoms with E-state index in [0.717, 1.165) is 0 Å². The maximum absolute atomic E-state index is 2.49. The average molecular weight is 515 g/mol. The predicted molar refractivity (Wildman–Crippen MR) is 167 cm³/mol. The molecular weight excluding hydrogens is 493 g/mol. The Bertz CT molecular complexity index is 2060. The first-order chi connectivity index (χ1) is 19.3. The second-order valence-corrected chi connectivity index (χ2v) is 11.3. The van der Waals surface area contributed by atoms with E-state index in [1.807, 2.05) is 11.3 Å². The van der Waals surface area contributed by atoms with E-state index < -0.39 is 0 Å². The number of nitrogens with zero attached hydrogens (tertiary/aromatic N) is 3. The van der Waals surface area contributed by atoms with Crippen molar-refractivity contribution in [1.82, 2.24) is 4.48 Å². The molecular formula is C34H22BN3S. The van der Waals surface area contributed by atoms with E-state index in [9.17, 15) is 0 Å². The molecule has 0 bridgehead atoms. The highest BCUT2D eigenvalue weighted by Crippen LogP contribution is 2.52. The van der Waals surface area contributed by atoms with Crippen molar-refractivity contribution in [2.75, 3.05) is 9.62 Å². The molecule has 0 saturated heterocycles. The summed E-state index contributed by atoms with van der Waals surface area (Å²) in [6.07, 6.45) is 2.22. The van der Waals surface area contributed by atoms with Crippen LogP contribution in [-0.4, -0.2) is 11.6 Å². The molecule has 0 aliphatic carbocycles. The second kappa shape index (κ2) is 7.89. The molecule has 2 aliphatic rings. The number of hydrogen-bond acceptors (Lipinski definition) is 3. The summed E-state index contributed by atoms with van der Waals surface area (Å²) >= 11 is 1.87. The van der Waals surface area contributed by atoms with E-state index in [2.05, 4.69) is 148 Å². The van der Waals surface area contributed by atoms with Gasteiger partial charge in [0.05, 0.1) is 11.4 Å². The van der Waals surface area contributed by atoms with Gasteiger partial charge in [-0.15, -0.1) is 11.3 Å².